The minimum absolute atomic E-state index is 0.0161. The van der Waals surface area contributed by atoms with E-state index in [-0.39, 0.29) is 41.8 Å². The van der Waals surface area contributed by atoms with Crippen molar-refractivity contribution in [3.8, 4) is 0 Å². The highest BCUT2D eigenvalue weighted by atomic mass is 19.1. The fraction of sp³-hybridized carbons (Fsp3) is 0.920. The Hall–Kier alpha value is -1.21. The number of aliphatic hydroxyl groups is 1. The lowest BCUT2D eigenvalue weighted by molar-refractivity contribution is -0.170. The summed E-state index contributed by atoms with van der Waals surface area (Å²) in [6, 6.07) is 0. The molecule has 0 aromatic carbocycles. The van der Waals surface area contributed by atoms with E-state index < -0.39 is 17.2 Å². The molecular formula is C25H35FN2O4. The zero-order valence-corrected chi connectivity index (χ0v) is 18.7. The van der Waals surface area contributed by atoms with E-state index in [0.717, 1.165) is 25.8 Å². The Morgan fingerprint density at radius 1 is 1.06 bits per heavy atom. The number of hydrogen-bond donors (Lipinski definition) is 2. The first-order chi connectivity index (χ1) is 15.3. The van der Waals surface area contributed by atoms with Crippen LogP contribution in [-0.4, -0.2) is 65.4 Å². The van der Waals surface area contributed by atoms with E-state index in [9.17, 15) is 14.7 Å². The number of hydrogen-bond acceptors (Lipinski definition) is 4. The molecule has 2 amide bonds. The first-order valence-electron chi connectivity index (χ1n) is 12.9. The molecule has 3 heterocycles. The van der Waals surface area contributed by atoms with Crippen molar-refractivity contribution in [3.63, 3.8) is 0 Å². The van der Waals surface area contributed by atoms with Gasteiger partial charge in [-0.3, -0.25) is 9.59 Å². The summed E-state index contributed by atoms with van der Waals surface area (Å²) in [5.41, 5.74) is -1.70. The number of alkyl halides is 1. The smallest absolute Gasteiger partial charge is 0.228 e. The van der Waals surface area contributed by atoms with Gasteiger partial charge >= 0.3 is 0 Å². The van der Waals surface area contributed by atoms with Gasteiger partial charge in [-0.15, -0.1) is 0 Å². The highest BCUT2D eigenvalue weighted by Crippen LogP contribution is 2.64. The van der Waals surface area contributed by atoms with E-state index in [4.69, 9.17) is 4.74 Å². The minimum Gasteiger partial charge on any atom is -0.390 e. The van der Waals surface area contributed by atoms with E-state index in [1.54, 1.807) is 0 Å². The number of carbonyl (C=O) groups excluding carboxylic acids is 2. The van der Waals surface area contributed by atoms with Gasteiger partial charge in [-0.2, -0.15) is 0 Å². The summed E-state index contributed by atoms with van der Waals surface area (Å²) in [7, 11) is 0. The van der Waals surface area contributed by atoms with Crippen molar-refractivity contribution >= 4 is 11.8 Å². The molecule has 0 radical (unpaired) electrons. The predicted octanol–water partition coefficient (Wildman–Crippen LogP) is 2.04. The Morgan fingerprint density at radius 2 is 1.78 bits per heavy atom. The van der Waals surface area contributed by atoms with Crippen LogP contribution < -0.4 is 5.32 Å². The van der Waals surface area contributed by atoms with Gasteiger partial charge < -0.3 is 20.1 Å². The molecule has 6 nitrogen and oxygen atoms in total. The molecule has 0 aromatic heterocycles. The van der Waals surface area contributed by atoms with Crippen LogP contribution in [0.4, 0.5) is 4.39 Å². The summed E-state index contributed by atoms with van der Waals surface area (Å²) in [6.07, 6.45) is 6.17. The summed E-state index contributed by atoms with van der Waals surface area (Å²) >= 11 is 0. The van der Waals surface area contributed by atoms with Crippen molar-refractivity contribution in [3.05, 3.63) is 0 Å². The first kappa shape index (κ1) is 20.2. The Bertz CT molecular complexity index is 832. The van der Waals surface area contributed by atoms with Gasteiger partial charge in [-0.25, -0.2) is 4.39 Å². The second kappa shape index (κ2) is 6.68. The molecule has 5 aliphatic carbocycles. The summed E-state index contributed by atoms with van der Waals surface area (Å²) < 4.78 is 21.6. The second-order valence-electron chi connectivity index (χ2n) is 12.6. The van der Waals surface area contributed by atoms with E-state index in [0.29, 0.717) is 56.5 Å². The number of nitrogens with one attached hydrogen (secondary N) is 1. The molecule has 0 spiro atoms. The predicted molar refractivity (Wildman–Crippen MR) is 113 cm³/mol. The standard InChI is InChI=1S/C25H35FN2O4/c26-25-7-14-3-15(8-25)6-24(5-14,12-25)23(31)28-10-17-18(11-28)21-16(4-19(32-21)20(17)29)22(30)27-9-13-1-2-13/h13-21,29H,1-12H2,(H,27,30)/t14?,15?,16-,17+,18-,19-,20-,21+,24?,25?/m0/s1. The maximum Gasteiger partial charge on any atom is 0.228 e. The van der Waals surface area contributed by atoms with E-state index in [1.807, 2.05) is 4.90 Å². The molecule has 176 valence electrons. The lowest BCUT2D eigenvalue weighted by Crippen LogP contribution is -2.59. The molecule has 6 bridgehead atoms. The van der Waals surface area contributed by atoms with Crippen molar-refractivity contribution in [2.24, 2.45) is 40.9 Å². The number of ether oxygens (including phenoxy) is 1. The first-order valence-corrected chi connectivity index (χ1v) is 12.9. The van der Waals surface area contributed by atoms with Crippen LogP contribution in [0.15, 0.2) is 0 Å². The summed E-state index contributed by atoms with van der Waals surface area (Å²) in [5, 5.41) is 14.1. The minimum atomic E-state index is -1.15. The molecule has 0 aromatic rings. The summed E-state index contributed by atoms with van der Waals surface area (Å²) in [5.74, 6) is 1.17. The van der Waals surface area contributed by atoms with Crippen molar-refractivity contribution in [1.82, 2.24) is 10.2 Å². The fourth-order valence-corrected chi connectivity index (χ4v) is 9.05. The summed E-state index contributed by atoms with van der Waals surface area (Å²) in [6.45, 7) is 1.79. The number of likely N-dealkylation sites (tertiary alicyclic amines) is 1. The lowest BCUT2D eigenvalue weighted by atomic mass is 9.48. The zero-order valence-electron chi connectivity index (χ0n) is 18.7. The van der Waals surface area contributed by atoms with E-state index in [2.05, 4.69) is 5.32 Å². The largest absolute Gasteiger partial charge is 0.390 e. The highest BCUT2D eigenvalue weighted by Gasteiger charge is 2.64. The van der Waals surface area contributed by atoms with E-state index in [1.165, 1.54) is 12.8 Å². The van der Waals surface area contributed by atoms with Crippen LogP contribution in [0.3, 0.4) is 0 Å². The Balaban J connectivity index is 1.09. The topological polar surface area (TPSA) is 78.9 Å². The molecule has 3 aliphatic heterocycles. The Labute approximate surface area is 188 Å². The molecule has 8 fully saturated rings. The van der Waals surface area contributed by atoms with E-state index >= 15 is 4.39 Å². The number of rotatable bonds is 4. The number of fused-ring (bicyclic) bond motifs is 4. The highest BCUT2D eigenvalue weighted by molar-refractivity contribution is 5.84. The number of halogens is 1. The molecule has 2 unspecified atom stereocenters. The third kappa shape index (κ3) is 2.95. The normalized spacial score (nSPS) is 52.9. The molecule has 7 heteroatoms. The van der Waals surface area contributed by atoms with Crippen LogP contribution in [-0.2, 0) is 14.3 Å². The van der Waals surface area contributed by atoms with Gasteiger partial charge in [0.05, 0.1) is 29.6 Å². The molecule has 8 atom stereocenters. The maximum absolute atomic E-state index is 15.5. The van der Waals surface area contributed by atoms with Crippen LogP contribution in [0.1, 0.15) is 57.8 Å². The SMILES string of the molecule is O=C(NCC1CC1)[C@H]1C[C@@H]2O[C@H]1[C@H]1CN(C(=O)C34CC5CC(CC(F)(C5)C3)C4)C[C@H]1[C@@H]2O. The molecule has 8 aliphatic rings. The van der Waals surface area contributed by atoms with Crippen LogP contribution in [0.5, 0.6) is 0 Å². The monoisotopic (exact) mass is 446 g/mol. The fourth-order valence-electron chi connectivity index (χ4n) is 9.05. The van der Waals surface area contributed by atoms with Gasteiger partial charge in [0.25, 0.3) is 0 Å². The van der Waals surface area contributed by atoms with Gasteiger partial charge in [0.15, 0.2) is 0 Å². The maximum atomic E-state index is 15.5. The molecule has 2 N–H and O–H groups in total. The number of nitrogens with zero attached hydrogens (tertiary/aromatic N) is 1. The van der Waals surface area contributed by atoms with Crippen molar-refractivity contribution < 1.29 is 23.8 Å². The second-order valence-corrected chi connectivity index (χ2v) is 12.6. The van der Waals surface area contributed by atoms with Crippen molar-refractivity contribution in [2.75, 3.05) is 19.6 Å². The van der Waals surface area contributed by atoms with Gasteiger partial charge in [0, 0.05) is 31.5 Å². The third-order valence-electron chi connectivity index (χ3n) is 10.2. The molecular weight excluding hydrogens is 411 g/mol. The molecule has 5 saturated carbocycles. The lowest BCUT2D eigenvalue weighted by Gasteiger charge is -2.58. The Morgan fingerprint density at radius 3 is 2.47 bits per heavy atom. The van der Waals surface area contributed by atoms with Crippen molar-refractivity contribution in [2.45, 2.75) is 81.8 Å². The molecule has 3 saturated heterocycles. The van der Waals surface area contributed by atoms with Crippen LogP contribution in [0.25, 0.3) is 0 Å². The van der Waals surface area contributed by atoms with Crippen LogP contribution >= 0.6 is 0 Å². The summed E-state index contributed by atoms with van der Waals surface area (Å²) in [4.78, 5) is 28.7. The number of amides is 2. The van der Waals surface area contributed by atoms with Gasteiger partial charge in [0.2, 0.25) is 11.8 Å². The third-order valence-corrected chi connectivity index (χ3v) is 10.2. The van der Waals surface area contributed by atoms with Crippen LogP contribution in [0.2, 0.25) is 0 Å². The van der Waals surface area contributed by atoms with Crippen molar-refractivity contribution in [1.29, 1.82) is 0 Å². The Kier molecular flexibility index (Phi) is 4.22. The average Bonchev–Trinajstić information content (AvgIpc) is 3.30. The van der Waals surface area contributed by atoms with Crippen LogP contribution in [0, 0.1) is 40.9 Å². The molecule has 8 rings (SSSR count). The zero-order chi connectivity index (χ0) is 21.8. The van der Waals surface area contributed by atoms with Gasteiger partial charge in [-0.1, -0.05) is 0 Å². The quantitative estimate of drug-likeness (QED) is 0.693. The van der Waals surface area contributed by atoms with Gasteiger partial charge in [-0.05, 0) is 75.5 Å². The number of aliphatic hydroxyl groups excluding tert-OH is 1. The average molecular weight is 447 g/mol. The number of carbonyl (C=O) groups is 2. The van der Waals surface area contributed by atoms with Gasteiger partial charge in [0.1, 0.15) is 5.67 Å². The molecule has 32 heavy (non-hydrogen) atoms.